The van der Waals surface area contributed by atoms with Crippen LogP contribution in [0.5, 0.6) is 0 Å². The van der Waals surface area contributed by atoms with Crippen molar-refractivity contribution in [3.63, 3.8) is 0 Å². The number of nitrogens with one attached hydrogen (secondary N) is 1. The maximum Gasteiger partial charge on any atom is 0.226 e. The van der Waals surface area contributed by atoms with Crippen molar-refractivity contribution in [1.29, 1.82) is 0 Å². The molecule has 3 nitrogen and oxygen atoms in total. The maximum absolute atomic E-state index is 13.7. The summed E-state index contributed by atoms with van der Waals surface area (Å²) in [7, 11) is 0. The van der Waals surface area contributed by atoms with Crippen LogP contribution in [0, 0.1) is 19.7 Å². The zero-order valence-electron chi connectivity index (χ0n) is 14.4. The SMILES string of the molecule is Cc1ccc(NC(=O)C[C@H](c2ccccc2C)n2cccc2)cc1F. The van der Waals surface area contributed by atoms with E-state index in [1.54, 1.807) is 19.1 Å². The first kappa shape index (κ1) is 17.0. The van der Waals surface area contributed by atoms with Gasteiger partial charge in [0, 0.05) is 18.1 Å². The number of hydrogen-bond acceptors (Lipinski definition) is 1. The van der Waals surface area contributed by atoms with E-state index in [0.29, 0.717) is 11.3 Å². The highest BCUT2D eigenvalue weighted by molar-refractivity contribution is 5.91. The number of halogens is 1. The third-order valence-corrected chi connectivity index (χ3v) is 4.37. The smallest absolute Gasteiger partial charge is 0.226 e. The highest BCUT2D eigenvalue weighted by atomic mass is 19.1. The van der Waals surface area contributed by atoms with Gasteiger partial charge in [-0.2, -0.15) is 0 Å². The minimum atomic E-state index is -0.321. The maximum atomic E-state index is 13.7. The van der Waals surface area contributed by atoms with Crippen LogP contribution in [0.25, 0.3) is 0 Å². The van der Waals surface area contributed by atoms with Crippen LogP contribution in [-0.4, -0.2) is 10.5 Å². The number of rotatable bonds is 5. The first-order valence-corrected chi connectivity index (χ1v) is 8.28. The highest BCUT2D eigenvalue weighted by Gasteiger charge is 2.19. The summed E-state index contributed by atoms with van der Waals surface area (Å²) in [5, 5.41) is 2.80. The molecule has 25 heavy (non-hydrogen) atoms. The van der Waals surface area contributed by atoms with Crippen LogP contribution < -0.4 is 5.32 Å². The lowest BCUT2D eigenvalue weighted by molar-refractivity contribution is -0.116. The number of hydrogen-bond donors (Lipinski definition) is 1. The van der Waals surface area contributed by atoms with Crippen LogP contribution in [0.15, 0.2) is 67.0 Å². The van der Waals surface area contributed by atoms with Gasteiger partial charge in [-0.25, -0.2) is 4.39 Å². The van der Waals surface area contributed by atoms with E-state index in [9.17, 15) is 9.18 Å². The Hall–Kier alpha value is -2.88. The molecule has 1 amide bonds. The highest BCUT2D eigenvalue weighted by Crippen LogP contribution is 2.26. The van der Waals surface area contributed by atoms with Gasteiger partial charge >= 0.3 is 0 Å². The standard InChI is InChI=1S/C21H21FN2O/c1-15-7-3-4-8-18(15)20(24-11-5-6-12-24)14-21(25)23-17-10-9-16(2)19(22)13-17/h3-13,20H,14H2,1-2H3,(H,23,25)/t20-/m1/s1. The van der Waals surface area contributed by atoms with Gasteiger partial charge in [-0.15, -0.1) is 0 Å². The van der Waals surface area contributed by atoms with E-state index in [-0.39, 0.29) is 24.2 Å². The van der Waals surface area contributed by atoms with Gasteiger partial charge in [-0.1, -0.05) is 30.3 Å². The topological polar surface area (TPSA) is 34.0 Å². The summed E-state index contributed by atoms with van der Waals surface area (Å²) in [4.78, 5) is 12.6. The molecule has 4 heteroatoms. The van der Waals surface area contributed by atoms with Gasteiger partial charge in [-0.3, -0.25) is 4.79 Å². The van der Waals surface area contributed by atoms with Gasteiger partial charge in [0.2, 0.25) is 5.91 Å². The molecule has 0 fully saturated rings. The predicted molar refractivity (Wildman–Crippen MR) is 98.1 cm³/mol. The summed E-state index contributed by atoms with van der Waals surface area (Å²) in [5.41, 5.74) is 3.27. The van der Waals surface area contributed by atoms with Crippen molar-refractivity contribution >= 4 is 11.6 Å². The van der Waals surface area contributed by atoms with Crippen molar-refractivity contribution in [3.05, 3.63) is 89.5 Å². The molecule has 1 atom stereocenters. The normalized spacial score (nSPS) is 12.0. The molecular formula is C21H21FN2O. The lowest BCUT2D eigenvalue weighted by Gasteiger charge is -2.21. The second kappa shape index (κ2) is 7.34. The number of nitrogens with zero attached hydrogens (tertiary/aromatic N) is 1. The van der Waals surface area contributed by atoms with E-state index in [4.69, 9.17) is 0 Å². The molecule has 3 rings (SSSR count). The summed E-state index contributed by atoms with van der Waals surface area (Å²) in [5.74, 6) is -0.469. The lowest BCUT2D eigenvalue weighted by Crippen LogP contribution is -2.20. The first-order valence-electron chi connectivity index (χ1n) is 8.28. The molecule has 1 heterocycles. The summed E-state index contributed by atoms with van der Waals surface area (Å²) in [6.07, 6.45) is 4.18. The minimum Gasteiger partial charge on any atom is -0.346 e. The molecule has 0 aliphatic rings. The third kappa shape index (κ3) is 3.97. The Morgan fingerprint density at radius 3 is 2.44 bits per heavy atom. The van der Waals surface area contributed by atoms with Gasteiger partial charge < -0.3 is 9.88 Å². The molecule has 0 radical (unpaired) electrons. The zero-order valence-corrected chi connectivity index (χ0v) is 14.4. The van der Waals surface area contributed by atoms with Gasteiger partial charge in [-0.05, 0) is 54.8 Å². The van der Waals surface area contributed by atoms with E-state index in [0.717, 1.165) is 11.1 Å². The molecule has 0 saturated carbocycles. The fourth-order valence-electron chi connectivity index (χ4n) is 2.95. The fraction of sp³-hybridized carbons (Fsp3) is 0.190. The van der Waals surface area contributed by atoms with E-state index < -0.39 is 0 Å². The Bertz CT molecular complexity index is 871. The Balaban J connectivity index is 1.82. The van der Waals surface area contributed by atoms with Gasteiger partial charge in [0.05, 0.1) is 12.5 Å². The molecule has 0 bridgehead atoms. The van der Waals surface area contributed by atoms with Crippen LogP contribution in [0.1, 0.15) is 29.2 Å². The van der Waals surface area contributed by atoms with E-state index >= 15 is 0 Å². The van der Waals surface area contributed by atoms with Crippen LogP contribution in [0.4, 0.5) is 10.1 Å². The molecule has 0 saturated heterocycles. The van der Waals surface area contributed by atoms with Crippen LogP contribution in [-0.2, 0) is 4.79 Å². The Morgan fingerprint density at radius 2 is 1.76 bits per heavy atom. The molecular weight excluding hydrogens is 315 g/mol. The molecule has 128 valence electrons. The average molecular weight is 336 g/mol. The molecule has 1 aromatic heterocycles. The summed E-state index contributed by atoms with van der Waals surface area (Å²) in [6, 6.07) is 16.6. The van der Waals surface area contributed by atoms with Gasteiger partial charge in [0.1, 0.15) is 5.82 Å². The Morgan fingerprint density at radius 1 is 1.04 bits per heavy atom. The van der Waals surface area contributed by atoms with Gasteiger partial charge in [0.25, 0.3) is 0 Å². The molecule has 0 unspecified atom stereocenters. The number of amides is 1. The lowest BCUT2D eigenvalue weighted by atomic mass is 9.98. The molecule has 1 N–H and O–H groups in total. The molecule has 0 aliphatic heterocycles. The Kier molecular flexibility index (Phi) is 4.98. The van der Waals surface area contributed by atoms with E-state index in [1.165, 1.54) is 6.07 Å². The third-order valence-electron chi connectivity index (χ3n) is 4.37. The number of aromatic nitrogens is 1. The molecule has 0 spiro atoms. The fourth-order valence-corrected chi connectivity index (χ4v) is 2.95. The molecule has 3 aromatic rings. The van der Waals surface area contributed by atoms with Crippen molar-refractivity contribution in [2.24, 2.45) is 0 Å². The molecule has 0 aliphatic carbocycles. The van der Waals surface area contributed by atoms with Crippen molar-refractivity contribution in [1.82, 2.24) is 4.57 Å². The van der Waals surface area contributed by atoms with E-state index in [2.05, 4.69) is 5.32 Å². The van der Waals surface area contributed by atoms with Crippen molar-refractivity contribution in [3.8, 4) is 0 Å². The summed E-state index contributed by atoms with van der Waals surface area (Å²) < 4.78 is 15.7. The minimum absolute atomic E-state index is 0.105. The van der Waals surface area contributed by atoms with Crippen LogP contribution in [0.3, 0.4) is 0 Å². The monoisotopic (exact) mass is 336 g/mol. The quantitative estimate of drug-likeness (QED) is 0.709. The van der Waals surface area contributed by atoms with E-state index in [1.807, 2.05) is 60.3 Å². The van der Waals surface area contributed by atoms with Crippen molar-refractivity contribution in [2.75, 3.05) is 5.32 Å². The first-order chi connectivity index (χ1) is 12.0. The average Bonchev–Trinajstić information content (AvgIpc) is 3.11. The van der Waals surface area contributed by atoms with Crippen LogP contribution in [0.2, 0.25) is 0 Å². The zero-order chi connectivity index (χ0) is 17.8. The predicted octanol–water partition coefficient (Wildman–Crippen LogP) is 4.86. The number of carbonyl (C=O) groups is 1. The summed E-state index contributed by atoms with van der Waals surface area (Å²) in [6.45, 7) is 3.74. The van der Waals surface area contributed by atoms with Crippen molar-refractivity contribution < 1.29 is 9.18 Å². The second-order valence-corrected chi connectivity index (χ2v) is 6.22. The van der Waals surface area contributed by atoms with Crippen molar-refractivity contribution in [2.45, 2.75) is 26.3 Å². The second-order valence-electron chi connectivity index (χ2n) is 6.22. The number of aryl methyl sites for hydroxylation is 2. The molecule has 2 aromatic carbocycles. The number of anilines is 1. The van der Waals surface area contributed by atoms with Crippen LogP contribution >= 0.6 is 0 Å². The summed E-state index contributed by atoms with van der Waals surface area (Å²) >= 11 is 0. The number of carbonyl (C=O) groups excluding carboxylic acids is 1. The Labute approximate surface area is 147 Å². The largest absolute Gasteiger partial charge is 0.346 e. The van der Waals surface area contributed by atoms with Gasteiger partial charge in [0.15, 0.2) is 0 Å². The number of benzene rings is 2.